The second-order valence-electron chi connectivity index (χ2n) is 8.91. The molecule has 31 heavy (non-hydrogen) atoms. The van der Waals surface area contributed by atoms with Crippen LogP contribution in [0.15, 0.2) is 23.1 Å². The van der Waals surface area contributed by atoms with Crippen molar-refractivity contribution in [2.45, 2.75) is 66.5 Å². The molecule has 2 aromatic heterocycles. The van der Waals surface area contributed by atoms with Crippen molar-refractivity contribution in [3.8, 4) is 0 Å². The van der Waals surface area contributed by atoms with Crippen LogP contribution in [0.5, 0.6) is 0 Å². The predicted octanol–water partition coefficient (Wildman–Crippen LogP) is 3.89. The Hall–Kier alpha value is -2.70. The number of hydrogen-bond donors (Lipinski definition) is 0. The van der Waals surface area contributed by atoms with Crippen LogP contribution in [0, 0.1) is 24.7 Å². The van der Waals surface area contributed by atoms with Crippen LogP contribution < -0.4 is 5.43 Å². The minimum atomic E-state index is -0.830. The van der Waals surface area contributed by atoms with E-state index in [1.54, 1.807) is 16.7 Å². The van der Waals surface area contributed by atoms with Gasteiger partial charge in [-0.1, -0.05) is 27.2 Å². The van der Waals surface area contributed by atoms with E-state index in [9.17, 15) is 14.4 Å². The fourth-order valence-corrected chi connectivity index (χ4v) is 4.40. The highest BCUT2D eigenvalue weighted by Crippen LogP contribution is 2.35. The Balaban J connectivity index is 1.71. The van der Waals surface area contributed by atoms with Crippen LogP contribution in [-0.4, -0.2) is 34.2 Å². The Morgan fingerprint density at radius 1 is 1.26 bits per heavy atom. The molecule has 0 amide bonds. The minimum absolute atomic E-state index is 0.112. The largest absolute Gasteiger partial charge is 0.460 e. The van der Waals surface area contributed by atoms with Gasteiger partial charge >= 0.3 is 11.9 Å². The number of pyridine rings is 2. The van der Waals surface area contributed by atoms with E-state index in [1.807, 2.05) is 13.8 Å². The second kappa shape index (κ2) is 9.62. The fourth-order valence-electron chi connectivity index (χ4n) is 4.40. The molecule has 2 heterocycles. The van der Waals surface area contributed by atoms with Crippen molar-refractivity contribution in [2.24, 2.45) is 17.8 Å². The number of aryl methyl sites for hydroxylation is 2. The third-order valence-electron chi connectivity index (χ3n) is 6.19. The van der Waals surface area contributed by atoms with Crippen molar-refractivity contribution in [1.29, 1.82) is 0 Å². The number of fused-ring (bicyclic) bond motifs is 1. The summed E-state index contributed by atoms with van der Waals surface area (Å²) in [5, 5.41) is 0.348. The average molecular weight is 429 g/mol. The molecule has 3 rings (SSSR count). The molecule has 0 bridgehead atoms. The highest BCUT2D eigenvalue weighted by Gasteiger charge is 2.33. The zero-order valence-electron chi connectivity index (χ0n) is 19.0. The van der Waals surface area contributed by atoms with Gasteiger partial charge in [-0.3, -0.25) is 4.79 Å². The SMILES string of the molecule is CCn1cc(C(=O)OCC(=O)O[C@@H]2C[C@@H](C)CC[C@@H]2C(C)C)c(=O)c2ccc(C)nc21. The van der Waals surface area contributed by atoms with Crippen molar-refractivity contribution in [2.75, 3.05) is 6.61 Å². The number of esters is 2. The van der Waals surface area contributed by atoms with E-state index in [0.29, 0.717) is 35.3 Å². The molecule has 2 aromatic rings. The Morgan fingerprint density at radius 2 is 2.00 bits per heavy atom. The molecule has 1 aliphatic carbocycles. The number of hydrogen-bond acceptors (Lipinski definition) is 6. The molecule has 0 spiro atoms. The average Bonchev–Trinajstić information content (AvgIpc) is 2.72. The summed E-state index contributed by atoms with van der Waals surface area (Å²) in [5.74, 6) is -0.187. The van der Waals surface area contributed by atoms with Gasteiger partial charge in [0.2, 0.25) is 5.43 Å². The van der Waals surface area contributed by atoms with Gasteiger partial charge in [-0.25, -0.2) is 14.6 Å². The maximum atomic E-state index is 12.8. The molecule has 1 saturated carbocycles. The molecule has 0 radical (unpaired) electrons. The lowest BCUT2D eigenvalue weighted by molar-refractivity contribution is -0.159. The molecule has 0 unspecified atom stereocenters. The number of ether oxygens (including phenoxy) is 2. The summed E-state index contributed by atoms with van der Waals surface area (Å²) in [4.78, 5) is 42.2. The molecule has 7 nitrogen and oxygen atoms in total. The van der Waals surface area contributed by atoms with Crippen molar-refractivity contribution in [1.82, 2.24) is 9.55 Å². The molecule has 1 fully saturated rings. The Kier molecular flexibility index (Phi) is 7.13. The molecule has 168 valence electrons. The lowest BCUT2D eigenvalue weighted by Crippen LogP contribution is -2.37. The number of rotatable bonds is 6. The maximum Gasteiger partial charge on any atom is 0.344 e. The molecule has 7 heteroatoms. The van der Waals surface area contributed by atoms with Gasteiger partial charge in [0, 0.05) is 18.4 Å². The lowest BCUT2D eigenvalue weighted by atomic mass is 9.75. The van der Waals surface area contributed by atoms with Crippen LogP contribution in [0.1, 0.15) is 63.0 Å². The van der Waals surface area contributed by atoms with Crippen molar-refractivity contribution < 1.29 is 19.1 Å². The van der Waals surface area contributed by atoms with Crippen LogP contribution >= 0.6 is 0 Å². The van der Waals surface area contributed by atoms with Gasteiger partial charge in [-0.2, -0.15) is 0 Å². The maximum absolute atomic E-state index is 12.8. The van der Waals surface area contributed by atoms with Gasteiger partial charge in [0.1, 0.15) is 17.3 Å². The number of carbonyl (C=O) groups excluding carboxylic acids is 2. The topological polar surface area (TPSA) is 87.5 Å². The summed E-state index contributed by atoms with van der Waals surface area (Å²) in [6.45, 7) is 10.2. The summed E-state index contributed by atoms with van der Waals surface area (Å²) in [7, 11) is 0. The molecule has 0 aromatic carbocycles. The first-order valence-corrected chi connectivity index (χ1v) is 11.1. The number of carbonyl (C=O) groups is 2. The standard InChI is InChI=1S/C24H32N2O5/c1-6-26-12-19(22(28)18-10-8-16(5)25-23(18)26)24(29)30-13-21(27)31-20-11-15(4)7-9-17(20)14(2)3/h8,10,12,14-15,17,20H,6-7,9,11,13H2,1-5H3/t15-,17+,20+/m0/s1. The van der Waals surface area contributed by atoms with Crippen LogP contribution in [0.2, 0.25) is 0 Å². The van der Waals surface area contributed by atoms with E-state index in [0.717, 1.165) is 25.0 Å². The molecule has 0 saturated heterocycles. The smallest absolute Gasteiger partial charge is 0.344 e. The minimum Gasteiger partial charge on any atom is -0.460 e. The molecule has 0 aliphatic heterocycles. The number of nitrogens with zero attached hydrogens (tertiary/aromatic N) is 2. The zero-order chi connectivity index (χ0) is 22.7. The van der Waals surface area contributed by atoms with E-state index >= 15 is 0 Å². The Labute approximate surface area is 182 Å². The van der Waals surface area contributed by atoms with E-state index < -0.39 is 24.0 Å². The van der Waals surface area contributed by atoms with Gasteiger partial charge in [-0.15, -0.1) is 0 Å². The van der Waals surface area contributed by atoms with Gasteiger partial charge in [0.25, 0.3) is 0 Å². The van der Waals surface area contributed by atoms with Crippen LogP contribution in [-0.2, 0) is 20.8 Å². The zero-order valence-corrected chi connectivity index (χ0v) is 19.0. The third kappa shape index (κ3) is 5.14. The van der Waals surface area contributed by atoms with E-state index in [2.05, 4.69) is 25.8 Å². The van der Waals surface area contributed by atoms with E-state index in [-0.39, 0.29) is 11.7 Å². The summed E-state index contributed by atoms with van der Waals surface area (Å²) in [6.07, 6.45) is 4.26. The van der Waals surface area contributed by atoms with E-state index in [4.69, 9.17) is 9.47 Å². The molecular weight excluding hydrogens is 396 g/mol. The quantitative estimate of drug-likeness (QED) is 0.649. The normalized spacial score (nSPS) is 21.3. The van der Waals surface area contributed by atoms with Crippen molar-refractivity contribution >= 4 is 23.0 Å². The molecule has 3 atom stereocenters. The Morgan fingerprint density at radius 3 is 2.68 bits per heavy atom. The summed E-state index contributed by atoms with van der Waals surface area (Å²) < 4.78 is 12.6. The van der Waals surface area contributed by atoms with Crippen molar-refractivity contribution in [3.05, 3.63) is 39.8 Å². The van der Waals surface area contributed by atoms with Gasteiger partial charge < -0.3 is 14.0 Å². The summed E-state index contributed by atoms with van der Waals surface area (Å²) in [5.41, 5.74) is 0.740. The number of aromatic nitrogens is 2. The highest BCUT2D eigenvalue weighted by atomic mass is 16.6. The van der Waals surface area contributed by atoms with Gasteiger partial charge in [0.15, 0.2) is 6.61 Å². The lowest BCUT2D eigenvalue weighted by Gasteiger charge is -2.36. The monoisotopic (exact) mass is 428 g/mol. The van der Waals surface area contributed by atoms with Crippen LogP contribution in [0.3, 0.4) is 0 Å². The predicted molar refractivity (Wildman–Crippen MR) is 118 cm³/mol. The first-order valence-electron chi connectivity index (χ1n) is 11.1. The molecular formula is C24H32N2O5. The Bertz CT molecular complexity index is 1030. The third-order valence-corrected chi connectivity index (χ3v) is 6.19. The van der Waals surface area contributed by atoms with Crippen LogP contribution in [0.4, 0.5) is 0 Å². The second-order valence-corrected chi connectivity index (χ2v) is 8.91. The fraction of sp³-hybridized carbons (Fsp3) is 0.583. The van der Waals surface area contributed by atoms with Crippen LogP contribution in [0.25, 0.3) is 11.0 Å². The van der Waals surface area contributed by atoms with Gasteiger partial charge in [-0.05, 0) is 56.6 Å². The summed E-state index contributed by atoms with van der Waals surface area (Å²) >= 11 is 0. The molecule has 1 aliphatic rings. The first-order chi connectivity index (χ1) is 14.7. The highest BCUT2D eigenvalue weighted by molar-refractivity contribution is 5.94. The summed E-state index contributed by atoms with van der Waals surface area (Å²) in [6, 6.07) is 3.39. The van der Waals surface area contributed by atoms with Crippen molar-refractivity contribution in [3.63, 3.8) is 0 Å². The first kappa shape index (κ1) is 23.0. The molecule has 0 N–H and O–H groups in total. The van der Waals surface area contributed by atoms with Gasteiger partial charge in [0.05, 0.1) is 5.39 Å². The van der Waals surface area contributed by atoms with E-state index in [1.165, 1.54) is 6.20 Å².